The summed E-state index contributed by atoms with van der Waals surface area (Å²) in [5, 5.41) is 9.62. The van der Waals surface area contributed by atoms with Gasteiger partial charge in [-0.2, -0.15) is 5.26 Å². The van der Waals surface area contributed by atoms with Crippen LogP contribution in [0.5, 0.6) is 5.75 Å². The van der Waals surface area contributed by atoms with Crippen molar-refractivity contribution >= 4 is 22.7 Å². The van der Waals surface area contributed by atoms with Crippen LogP contribution in [0.15, 0.2) is 54.6 Å². The highest BCUT2D eigenvalue weighted by Crippen LogP contribution is 2.14. The zero-order valence-corrected chi connectivity index (χ0v) is 13.1. The number of aromatic nitrogens is 1. The molecule has 3 rings (SSSR count). The molecule has 1 heterocycles. The Morgan fingerprint density at radius 1 is 1.08 bits per heavy atom. The molecule has 0 spiro atoms. The van der Waals surface area contributed by atoms with E-state index in [2.05, 4.69) is 15.8 Å². The second-order valence-electron chi connectivity index (χ2n) is 5.20. The summed E-state index contributed by atoms with van der Waals surface area (Å²) in [6, 6.07) is 17.5. The first-order valence-corrected chi connectivity index (χ1v) is 7.45. The van der Waals surface area contributed by atoms with Gasteiger partial charge in [0.25, 0.3) is 11.8 Å². The number of fused-ring (bicyclic) bond motifs is 1. The summed E-state index contributed by atoms with van der Waals surface area (Å²) in [6.07, 6.45) is 0. The van der Waals surface area contributed by atoms with Crippen LogP contribution < -0.4 is 15.6 Å². The first-order chi connectivity index (χ1) is 12.2. The molecule has 0 bridgehead atoms. The van der Waals surface area contributed by atoms with Gasteiger partial charge in [-0.1, -0.05) is 18.2 Å². The van der Waals surface area contributed by atoms with Crippen LogP contribution in [0.25, 0.3) is 10.9 Å². The number of carbonyl (C=O) groups is 2. The van der Waals surface area contributed by atoms with E-state index < -0.39 is 11.8 Å². The molecule has 0 radical (unpaired) electrons. The van der Waals surface area contributed by atoms with Crippen LogP contribution in [0.2, 0.25) is 0 Å². The molecule has 25 heavy (non-hydrogen) atoms. The molecule has 0 saturated carbocycles. The molecule has 3 N–H and O–H groups in total. The van der Waals surface area contributed by atoms with Crippen LogP contribution >= 0.6 is 0 Å². The van der Waals surface area contributed by atoms with Crippen molar-refractivity contribution in [3.8, 4) is 11.8 Å². The highest BCUT2D eigenvalue weighted by atomic mass is 16.5. The number of rotatable bonds is 4. The summed E-state index contributed by atoms with van der Waals surface area (Å²) < 4.78 is 5.27. The molecule has 1 aromatic heterocycles. The van der Waals surface area contributed by atoms with Gasteiger partial charge in [0.05, 0.1) is 11.6 Å². The Hall–Kier alpha value is -3.79. The summed E-state index contributed by atoms with van der Waals surface area (Å²) in [5.41, 5.74) is 6.28. The molecular weight excluding hydrogens is 320 g/mol. The Kier molecular flexibility index (Phi) is 4.62. The van der Waals surface area contributed by atoms with E-state index >= 15 is 0 Å². The molecule has 0 aliphatic rings. The number of amides is 2. The van der Waals surface area contributed by atoms with Gasteiger partial charge < -0.3 is 9.72 Å². The molecule has 2 aromatic carbocycles. The third-order valence-electron chi connectivity index (χ3n) is 3.44. The predicted octanol–water partition coefficient (Wildman–Crippen LogP) is 1.88. The van der Waals surface area contributed by atoms with E-state index in [1.165, 1.54) is 0 Å². The van der Waals surface area contributed by atoms with Gasteiger partial charge in [0.1, 0.15) is 11.4 Å². The van der Waals surface area contributed by atoms with Crippen LogP contribution in [0, 0.1) is 11.3 Å². The maximum atomic E-state index is 12.0. The Labute approximate surface area is 143 Å². The maximum Gasteiger partial charge on any atom is 0.286 e. The van der Waals surface area contributed by atoms with E-state index in [9.17, 15) is 9.59 Å². The van der Waals surface area contributed by atoms with Gasteiger partial charge in [0.2, 0.25) is 0 Å². The lowest BCUT2D eigenvalue weighted by Crippen LogP contribution is -2.43. The van der Waals surface area contributed by atoms with Crippen LogP contribution in [0.3, 0.4) is 0 Å². The lowest BCUT2D eigenvalue weighted by molar-refractivity contribution is -0.123. The standard InChI is InChI=1S/C18H14N4O3/c19-10-12-5-7-14(8-6-12)25-11-17(23)21-22-18(24)16-9-13-3-1-2-4-15(13)20-16/h1-9,20H,11H2,(H,21,23)(H,22,24). The predicted molar refractivity (Wildman–Crippen MR) is 90.6 cm³/mol. The number of aromatic amines is 1. The van der Waals surface area contributed by atoms with Crippen molar-refractivity contribution in [2.75, 3.05) is 6.61 Å². The second-order valence-corrected chi connectivity index (χ2v) is 5.20. The minimum Gasteiger partial charge on any atom is -0.484 e. The molecule has 0 atom stereocenters. The molecule has 0 aliphatic heterocycles. The van der Waals surface area contributed by atoms with Crippen molar-refractivity contribution in [2.45, 2.75) is 0 Å². The van der Waals surface area contributed by atoms with Crippen molar-refractivity contribution in [1.29, 1.82) is 5.26 Å². The Balaban J connectivity index is 1.49. The number of carbonyl (C=O) groups excluding carboxylic acids is 2. The molecule has 7 heteroatoms. The number of hydrogen-bond acceptors (Lipinski definition) is 4. The minimum absolute atomic E-state index is 0.265. The number of benzene rings is 2. The highest BCUT2D eigenvalue weighted by Gasteiger charge is 2.10. The fraction of sp³-hybridized carbons (Fsp3) is 0.0556. The Bertz CT molecular complexity index is 921. The quantitative estimate of drug-likeness (QED) is 0.633. The van der Waals surface area contributed by atoms with E-state index in [0.717, 1.165) is 10.9 Å². The molecule has 3 aromatic rings. The third kappa shape index (κ3) is 3.95. The van der Waals surface area contributed by atoms with Crippen LogP contribution in [0.4, 0.5) is 0 Å². The number of nitrogens with one attached hydrogen (secondary N) is 3. The number of nitriles is 1. The largest absolute Gasteiger partial charge is 0.484 e. The number of nitrogens with zero attached hydrogens (tertiary/aromatic N) is 1. The monoisotopic (exact) mass is 334 g/mol. The first-order valence-electron chi connectivity index (χ1n) is 7.45. The summed E-state index contributed by atoms with van der Waals surface area (Å²) in [7, 11) is 0. The molecule has 0 saturated heterocycles. The van der Waals surface area contributed by atoms with Crippen LogP contribution in [-0.2, 0) is 4.79 Å². The number of para-hydroxylation sites is 1. The number of hydrogen-bond donors (Lipinski definition) is 3. The highest BCUT2D eigenvalue weighted by molar-refractivity contribution is 5.98. The SMILES string of the molecule is N#Cc1ccc(OCC(=O)NNC(=O)c2cc3ccccc3[nH]2)cc1. The van der Waals surface area contributed by atoms with Gasteiger partial charge in [0, 0.05) is 10.9 Å². The van der Waals surface area contributed by atoms with Gasteiger partial charge in [0.15, 0.2) is 6.61 Å². The fourth-order valence-corrected chi connectivity index (χ4v) is 2.20. The van der Waals surface area contributed by atoms with Crippen molar-refractivity contribution in [3.63, 3.8) is 0 Å². The second kappa shape index (κ2) is 7.19. The van der Waals surface area contributed by atoms with Gasteiger partial charge >= 0.3 is 0 Å². The number of hydrazine groups is 1. The van der Waals surface area contributed by atoms with E-state index in [1.807, 2.05) is 30.3 Å². The first kappa shape index (κ1) is 16.1. The third-order valence-corrected chi connectivity index (χ3v) is 3.44. The van der Waals surface area contributed by atoms with E-state index in [4.69, 9.17) is 10.00 Å². The molecule has 0 aliphatic carbocycles. The average Bonchev–Trinajstić information content (AvgIpc) is 3.09. The number of H-pyrrole nitrogens is 1. The smallest absolute Gasteiger partial charge is 0.286 e. The van der Waals surface area contributed by atoms with Crippen LogP contribution in [-0.4, -0.2) is 23.4 Å². The van der Waals surface area contributed by atoms with E-state index in [0.29, 0.717) is 17.0 Å². The Morgan fingerprint density at radius 3 is 2.56 bits per heavy atom. The summed E-state index contributed by atoms with van der Waals surface area (Å²) >= 11 is 0. The normalized spacial score (nSPS) is 10.0. The molecule has 124 valence electrons. The number of ether oxygens (including phenoxy) is 1. The zero-order valence-electron chi connectivity index (χ0n) is 13.1. The van der Waals surface area contributed by atoms with Crippen molar-refractivity contribution in [1.82, 2.24) is 15.8 Å². The van der Waals surface area contributed by atoms with Crippen molar-refractivity contribution in [2.24, 2.45) is 0 Å². The Morgan fingerprint density at radius 2 is 1.84 bits per heavy atom. The van der Waals surface area contributed by atoms with Gasteiger partial charge in [-0.05, 0) is 36.4 Å². The molecular formula is C18H14N4O3. The van der Waals surface area contributed by atoms with Gasteiger partial charge in [-0.15, -0.1) is 0 Å². The maximum absolute atomic E-state index is 12.0. The summed E-state index contributed by atoms with van der Waals surface area (Å²) in [6.45, 7) is -0.265. The van der Waals surface area contributed by atoms with Gasteiger partial charge in [-0.3, -0.25) is 20.4 Å². The lowest BCUT2D eigenvalue weighted by Gasteiger charge is -2.08. The fourth-order valence-electron chi connectivity index (χ4n) is 2.20. The molecule has 7 nitrogen and oxygen atoms in total. The van der Waals surface area contributed by atoms with Gasteiger partial charge in [-0.25, -0.2) is 0 Å². The molecule has 0 fully saturated rings. The van der Waals surface area contributed by atoms with E-state index in [1.54, 1.807) is 30.3 Å². The zero-order chi connectivity index (χ0) is 17.6. The van der Waals surface area contributed by atoms with Crippen molar-refractivity contribution in [3.05, 3.63) is 65.9 Å². The topological polar surface area (TPSA) is 107 Å². The average molecular weight is 334 g/mol. The molecule has 0 unspecified atom stereocenters. The lowest BCUT2D eigenvalue weighted by atomic mass is 10.2. The van der Waals surface area contributed by atoms with Crippen molar-refractivity contribution < 1.29 is 14.3 Å². The van der Waals surface area contributed by atoms with Crippen LogP contribution in [0.1, 0.15) is 16.1 Å². The molecule has 2 amide bonds. The van der Waals surface area contributed by atoms with E-state index in [-0.39, 0.29) is 6.61 Å². The summed E-state index contributed by atoms with van der Waals surface area (Å²) in [4.78, 5) is 26.7. The summed E-state index contributed by atoms with van der Waals surface area (Å²) in [5.74, 6) is -0.507. The minimum atomic E-state index is -0.506.